The van der Waals surface area contributed by atoms with Crippen molar-refractivity contribution >= 4 is 0 Å². The predicted octanol–water partition coefficient (Wildman–Crippen LogP) is 1.60. The van der Waals surface area contributed by atoms with Gasteiger partial charge in [0, 0.05) is 31.4 Å². The summed E-state index contributed by atoms with van der Waals surface area (Å²) in [7, 11) is 0. The highest BCUT2D eigenvalue weighted by Gasteiger charge is 2.26. The highest BCUT2D eigenvalue weighted by Crippen LogP contribution is 2.25. The molecule has 0 aromatic carbocycles. The van der Waals surface area contributed by atoms with Crippen LogP contribution < -0.4 is 5.56 Å². The monoisotopic (exact) mass is 288 g/mol. The fourth-order valence-electron chi connectivity index (χ4n) is 2.74. The molecule has 5 nitrogen and oxygen atoms in total. The lowest BCUT2D eigenvalue weighted by molar-refractivity contribution is 0.325. The fraction of sp³-hybridized carbons (Fsp3) is 0.400. The van der Waals surface area contributed by atoms with Crippen molar-refractivity contribution in [2.45, 2.75) is 25.8 Å². The molecule has 3 rings (SSSR count). The van der Waals surface area contributed by atoms with Crippen LogP contribution in [0, 0.1) is 12.7 Å². The van der Waals surface area contributed by atoms with Gasteiger partial charge in [-0.1, -0.05) is 6.07 Å². The van der Waals surface area contributed by atoms with E-state index in [-0.39, 0.29) is 11.6 Å². The van der Waals surface area contributed by atoms with Crippen LogP contribution in [0.1, 0.15) is 29.4 Å². The van der Waals surface area contributed by atoms with Crippen molar-refractivity contribution in [2.24, 2.45) is 0 Å². The number of likely N-dealkylation sites (tertiary alicyclic amines) is 1. The van der Waals surface area contributed by atoms with Crippen LogP contribution >= 0.6 is 0 Å². The van der Waals surface area contributed by atoms with Crippen molar-refractivity contribution < 1.29 is 4.39 Å². The van der Waals surface area contributed by atoms with Crippen LogP contribution in [0.2, 0.25) is 0 Å². The summed E-state index contributed by atoms with van der Waals surface area (Å²) in [5.74, 6) is -0.0507. The van der Waals surface area contributed by atoms with Gasteiger partial charge < -0.3 is 4.98 Å². The van der Waals surface area contributed by atoms with Crippen molar-refractivity contribution in [3.8, 4) is 0 Å². The van der Waals surface area contributed by atoms with E-state index in [0.717, 1.165) is 31.6 Å². The molecule has 0 spiro atoms. The van der Waals surface area contributed by atoms with Gasteiger partial charge in [-0.3, -0.25) is 14.7 Å². The topological polar surface area (TPSA) is 61.9 Å². The average Bonchev–Trinajstić information content (AvgIpc) is 2.94. The lowest BCUT2D eigenvalue weighted by Gasteiger charge is -2.15. The molecule has 1 atom stereocenters. The van der Waals surface area contributed by atoms with Gasteiger partial charge in [0.05, 0.1) is 5.69 Å². The van der Waals surface area contributed by atoms with Crippen LogP contribution in [0.15, 0.2) is 29.3 Å². The lowest BCUT2D eigenvalue weighted by Crippen LogP contribution is -2.23. The maximum Gasteiger partial charge on any atom is 0.287 e. The van der Waals surface area contributed by atoms with Gasteiger partial charge in [0.1, 0.15) is 5.82 Å². The van der Waals surface area contributed by atoms with Gasteiger partial charge >= 0.3 is 0 Å². The van der Waals surface area contributed by atoms with Crippen LogP contribution in [0.3, 0.4) is 0 Å². The molecule has 2 aromatic rings. The van der Waals surface area contributed by atoms with Gasteiger partial charge in [-0.15, -0.1) is 0 Å². The zero-order valence-corrected chi connectivity index (χ0v) is 11.8. The number of aromatic amines is 1. The third kappa shape index (κ3) is 3.00. The third-order valence-corrected chi connectivity index (χ3v) is 3.83. The quantitative estimate of drug-likeness (QED) is 0.932. The number of hydrogen-bond acceptors (Lipinski definition) is 4. The molecule has 110 valence electrons. The Hall–Kier alpha value is -2.08. The van der Waals surface area contributed by atoms with Crippen molar-refractivity contribution in [2.75, 3.05) is 13.1 Å². The summed E-state index contributed by atoms with van der Waals surface area (Å²) in [6.07, 6.45) is 4.52. The molecule has 2 aromatic heterocycles. The minimum absolute atomic E-state index is 0.147. The van der Waals surface area contributed by atoms with E-state index in [2.05, 4.69) is 19.9 Å². The number of nitrogens with zero attached hydrogens (tertiary/aromatic N) is 3. The van der Waals surface area contributed by atoms with Crippen LogP contribution in [0.5, 0.6) is 0 Å². The smallest absolute Gasteiger partial charge is 0.287 e. The second kappa shape index (κ2) is 5.73. The Morgan fingerprint density at radius 3 is 3.10 bits per heavy atom. The summed E-state index contributed by atoms with van der Waals surface area (Å²) in [5, 5.41) is 0. The first-order valence-corrected chi connectivity index (χ1v) is 7.01. The highest BCUT2D eigenvalue weighted by molar-refractivity contribution is 5.11. The summed E-state index contributed by atoms with van der Waals surface area (Å²) >= 11 is 0. The molecule has 1 fully saturated rings. The first kappa shape index (κ1) is 13.9. The number of aryl methyl sites for hydroxylation is 1. The zero-order chi connectivity index (χ0) is 14.8. The molecular weight excluding hydrogens is 271 g/mol. The Bertz CT molecular complexity index is 686. The summed E-state index contributed by atoms with van der Waals surface area (Å²) in [4.78, 5) is 24.6. The molecule has 1 aliphatic heterocycles. The summed E-state index contributed by atoms with van der Waals surface area (Å²) in [5.41, 5.74) is 0.651. The molecule has 0 radical (unpaired) electrons. The maximum absolute atomic E-state index is 13.3. The van der Waals surface area contributed by atoms with Crippen molar-refractivity contribution in [3.05, 3.63) is 57.8 Å². The molecular formula is C15H17FN4O. The van der Waals surface area contributed by atoms with Crippen LogP contribution in [0.25, 0.3) is 0 Å². The molecule has 1 aliphatic rings. The molecule has 21 heavy (non-hydrogen) atoms. The van der Waals surface area contributed by atoms with E-state index >= 15 is 0 Å². The Morgan fingerprint density at radius 1 is 1.52 bits per heavy atom. The maximum atomic E-state index is 13.3. The second-order valence-corrected chi connectivity index (χ2v) is 5.43. The van der Waals surface area contributed by atoms with Crippen molar-refractivity contribution in [3.63, 3.8) is 0 Å². The van der Waals surface area contributed by atoms with E-state index in [1.165, 1.54) is 6.92 Å². The molecule has 0 saturated carbocycles. The number of aromatic nitrogens is 3. The normalized spacial score (nSPS) is 19.0. The van der Waals surface area contributed by atoms with Gasteiger partial charge in [-0.05, 0) is 31.5 Å². The van der Waals surface area contributed by atoms with Crippen molar-refractivity contribution in [1.29, 1.82) is 0 Å². The van der Waals surface area contributed by atoms with Gasteiger partial charge in [-0.25, -0.2) is 4.98 Å². The Morgan fingerprint density at radius 2 is 2.38 bits per heavy atom. The highest BCUT2D eigenvalue weighted by atomic mass is 19.1. The fourth-order valence-corrected chi connectivity index (χ4v) is 2.74. The number of hydrogen-bond donors (Lipinski definition) is 1. The minimum Gasteiger partial charge on any atom is -0.308 e. The zero-order valence-electron chi connectivity index (χ0n) is 11.8. The van der Waals surface area contributed by atoms with Crippen LogP contribution in [0.4, 0.5) is 4.39 Å². The summed E-state index contributed by atoms with van der Waals surface area (Å²) < 4.78 is 13.3. The van der Waals surface area contributed by atoms with Gasteiger partial charge in [0.25, 0.3) is 5.56 Å². The van der Waals surface area contributed by atoms with E-state index in [1.54, 1.807) is 6.20 Å². The van der Waals surface area contributed by atoms with Crippen LogP contribution in [-0.4, -0.2) is 32.9 Å². The van der Waals surface area contributed by atoms with E-state index in [9.17, 15) is 9.18 Å². The second-order valence-electron chi connectivity index (χ2n) is 5.43. The number of halogens is 1. The van der Waals surface area contributed by atoms with E-state index < -0.39 is 11.4 Å². The molecule has 0 aliphatic carbocycles. The third-order valence-electron chi connectivity index (χ3n) is 3.83. The standard InChI is InChI=1S/C15H17FN4O/c1-10-13(16)15(21)19-14(18-10)12-4-6-20(9-12)8-11-3-2-5-17-7-11/h2-3,5,7,12H,4,6,8-9H2,1H3,(H,18,19,21). The lowest BCUT2D eigenvalue weighted by atomic mass is 10.1. The van der Waals surface area contributed by atoms with Crippen LogP contribution in [-0.2, 0) is 6.54 Å². The summed E-state index contributed by atoms with van der Waals surface area (Å²) in [6, 6.07) is 3.97. The van der Waals surface area contributed by atoms with Gasteiger partial charge in [0.15, 0.2) is 0 Å². The number of rotatable bonds is 3. The predicted molar refractivity (Wildman–Crippen MR) is 76.4 cm³/mol. The molecule has 6 heteroatoms. The van der Waals surface area contributed by atoms with E-state index in [0.29, 0.717) is 5.82 Å². The number of pyridine rings is 1. The Balaban J connectivity index is 1.71. The molecule has 0 amide bonds. The SMILES string of the molecule is Cc1nc(C2CCN(Cc3cccnc3)C2)[nH]c(=O)c1F. The molecule has 0 bridgehead atoms. The molecule has 3 heterocycles. The van der Waals surface area contributed by atoms with E-state index in [4.69, 9.17) is 0 Å². The number of H-pyrrole nitrogens is 1. The van der Waals surface area contributed by atoms with Gasteiger partial charge in [0.2, 0.25) is 5.82 Å². The Kier molecular flexibility index (Phi) is 3.79. The van der Waals surface area contributed by atoms with E-state index in [1.807, 2.05) is 18.3 Å². The minimum atomic E-state index is -0.788. The number of nitrogens with one attached hydrogen (secondary N) is 1. The Labute approximate surface area is 121 Å². The first-order valence-electron chi connectivity index (χ1n) is 7.01. The van der Waals surface area contributed by atoms with Crippen molar-refractivity contribution in [1.82, 2.24) is 19.9 Å². The largest absolute Gasteiger partial charge is 0.308 e. The molecule has 1 N–H and O–H groups in total. The molecule has 1 unspecified atom stereocenters. The average molecular weight is 288 g/mol. The van der Waals surface area contributed by atoms with Gasteiger partial charge in [-0.2, -0.15) is 4.39 Å². The first-order chi connectivity index (χ1) is 10.1. The summed E-state index contributed by atoms with van der Waals surface area (Å²) in [6.45, 7) is 4.09. The molecule has 1 saturated heterocycles.